The van der Waals surface area contributed by atoms with Gasteiger partial charge in [-0.3, -0.25) is 4.79 Å². The van der Waals surface area contributed by atoms with Gasteiger partial charge in [0.15, 0.2) is 0 Å². The topological polar surface area (TPSA) is 122 Å². The number of anilines is 1. The molecule has 37 heavy (non-hydrogen) atoms. The van der Waals surface area contributed by atoms with Crippen molar-refractivity contribution < 1.29 is 14.3 Å². The number of amides is 1. The number of aromatic amines is 1. The number of benzene rings is 3. The van der Waals surface area contributed by atoms with Crippen LogP contribution in [0.15, 0.2) is 54.6 Å². The standard InChI is InChI=1S/C28H27FN6O2/c1-15-26-21(28-32-22-12-5-16(29)13-24(22)33-28)3-2-4-25(26)35(34-15)18-8-11-20(27(30)37)23(14-18)31-17-6-9-19(36)10-7-17/h2-5,8,11-14,17,19,31,36H,6-7,9-10H2,1H3,(H2,30,37)(H,32,33). The van der Waals surface area contributed by atoms with Gasteiger partial charge in [-0.05, 0) is 75.1 Å². The second-order valence-electron chi connectivity index (χ2n) is 9.69. The van der Waals surface area contributed by atoms with Gasteiger partial charge in [0, 0.05) is 22.7 Å². The largest absolute Gasteiger partial charge is 0.393 e. The number of hydrogen-bond donors (Lipinski definition) is 4. The summed E-state index contributed by atoms with van der Waals surface area (Å²) in [6, 6.07) is 16.0. The first-order chi connectivity index (χ1) is 17.9. The minimum atomic E-state index is -0.505. The molecule has 8 nitrogen and oxygen atoms in total. The number of halogens is 1. The third kappa shape index (κ3) is 4.21. The van der Waals surface area contributed by atoms with Crippen molar-refractivity contribution in [1.29, 1.82) is 0 Å². The first kappa shape index (κ1) is 23.2. The first-order valence-corrected chi connectivity index (χ1v) is 12.4. The van der Waals surface area contributed by atoms with Gasteiger partial charge in [0.05, 0.1) is 39.6 Å². The summed E-state index contributed by atoms with van der Waals surface area (Å²) in [5.74, 6) is -0.187. The molecule has 0 saturated heterocycles. The molecule has 2 aromatic heterocycles. The Morgan fingerprint density at radius 1 is 1.14 bits per heavy atom. The van der Waals surface area contributed by atoms with Crippen LogP contribution in [0.5, 0.6) is 0 Å². The molecular weight excluding hydrogens is 471 g/mol. The zero-order chi connectivity index (χ0) is 25.7. The summed E-state index contributed by atoms with van der Waals surface area (Å²) >= 11 is 0. The van der Waals surface area contributed by atoms with Crippen LogP contribution in [0.4, 0.5) is 10.1 Å². The molecule has 0 bridgehead atoms. The van der Waals surface area contributed by atoms with E-state index in [2.05, 4.69) is 15.3 Å². The molecule has 1 aliphatic carbocycles. The summed E-state index contributed by atoms with van der Waals surface area (Å²) in [5, 5.41) is 19.1. The molecule has 5 aromatic rings. The van der Waals surface area contributed by atoms with Crippen LogP contribution in [0.3, 0.4) is 0 Å². The summed E-state index contributed by atoms with van der Waals surface area (Å²) in [5.41, 5.74) is 11.4. The smallest absolute Gasteiger partial charge is 0.250 e. The van der Waals surface area contributed by atoms with Crippen molar-refractivity contribution >= 4 is 33.5 Å². The molecule has 5 N–H and O–H groups in total. The quantitative estimate of drug-likeness (QED) is 0.277. The number of H-pyrrole nitrogens is 1. The van der Waals surface area contributed by atoms with E-state index in [9.17, 15) is 14.3 Å². The van der Waals surface area contributed by atoms with Gasteiger partial charge in [-0.15, -0.1) is 0 Å². The van der Waals surface area contributed by atoms with Crippen LogP contribution in [0.25, 0.3) is 39.0 Å². The fraction of sp³-hybridized carbons (Fsp3) is 0.250. The van der Waals surface area contributed by atoms with E-state index in [0.29, 0.717) is 28.1 Å². The maximum atomic E-state index is 13.7. The van der Waals surface area contributed by atoms with Crippen LogP contribution in [-0.2, 0) is 0 Å². The van der Waals surface area contributed by atoms with E-state index in [1.54, 1.807) is 12.1 Å². The van der Waals surface area contributed by atoms with Gasteiger partial charge in [-0.25, -0.2) is 14.1 Å². The predicted octanol–water partition coefficient (Wildman–Crippen LogP) is 4.83. The van der Waals surface area contributed by atoms with Gasteiger partial charge in [-0.1, -0.05) is 12.1 Å². The molecule has 0 atom stereocenters. The molecule has 188 valence electrons. The molecule has 1 aliphatic rings. The highest BCUT2D eigenvalue weighted by atomic mass is 19.1. The average molecular weight is 499 g/mol. The Balaban J connectivity index is 1.43. The van der Waals surface area contributed by atoms with Crippen LogP contribution in [0, 0.1) is 12.7 Å². The lowest BCUT2D eigenvalue weighted by Crippen LogP contribution is -2.29. The van der Waals surface area contributed by atoms with Crippen LogP contribution in [0.1, 0.15) is 41.7 Å². The van der Waals surface area contributed by atoms with Crippen molar-refractivity contribution in [3.8, 4) is 17.1 Å². The molecule has 0 unspecified atom stereocenters. The van der Waals surface area contributed by atoms with Gasteiger partial charge in [0.25, 0.3) is 5.91 Å². The first-order valence-electron chi connectivity index (χ1n) is 12.4. The molecule has 0 aliphatic heterocycles. The number of aryl methyl sites for hydroxylation is 1. The molecule has 1 amide bonds. The molecule has 1 fully saturated rings. The Hall–Kier alpha value is -4.24. The number of imidazole rings is 1. The van der Waals surface area contributed by atoms with Gasteiger partial charge in [-0.2, -0.15) is 5.10 Å². The lowest BCUT2D eigenvalue weighted by Gasteiger charge is -2.27. The zero-order valence-electron chi connectivity index (χ0n) is 20.3. The Bertz CT molecular complexity index is 1650. The summed E-state index contributed by atoms with van der Waals surface area (Å²) in [6.07, 6.45) is 2.82. The van der Waals surface area contributed by atoms with Crippen molar-refractivity contribution in [3.05, 3.63) is 71.7 Å². The molecule has 2 heterocycles. The normalized spacial score (nSPS) is 17.9. The van der Waals surface area contributed by atoms with Crippen molar-refractivity contribution in [3.63, 3.8) is 0 Å². The molecule has 0 radical (unpaired) electrons. The molecule has 3 aromatic carbocycles. The van der Waals surface area contributed by atoms with Crippen LogP contribution >= 0.6 is 0 Å². The molecule has 6 rings (SSSR count). The van der Waals surface area contributed by atoms with E-state index in [1.165, 1.54) is 12.1 Å². The SMILES string of the molecule is Cc1nn(-c2ccc(C(N)=O)c(NC3CCC(O)CC3)c2)c2cccc(-c3nc4ccc(F)cc4[nH]3)c12. The minimum absolute atomic E-state index is 0.150. The number of nitrogens with zero attached hydrogens (tertiary/aromatic N) is 3. The van der Waals surface area contributed by atoms with Crippen molar-refractivity contribution in [2.75, 3.05) is 5.32 Å². The number of primary amides is 1. The monoisotopic (exact) mass is 498 g/mol. The predicted molar refractivity (Wildman–Crippen MR) is 141 cm³/mol. The lowest BCUT2D eigenvalue weighted by atomic mass is 9.92. The summed E-state index contributed by atoms with van der Waals surface area (Å²) in [6.45, 7) is 1.94. The number of nitrogens with one attached hydrogen (secondary N) is 2. The molecule has 0 spiro atoms. The number of aromatic nitrogens is 4. The van der Waals surface area contributed by atoms with E-state index in [1.807, 2.05) is 41.9 Å². The zero-order valence-corrected chi connectivity index (χ0v) is 20.3. The summed E-state index contributed by atoms with van der Waals surface area (Å²) in [7, 11) is 0. The van der Waals surface area contributed by atoms with E-state index in [4.69, 9.17) is 10.8 Å². The minimum Gasteiger partial charge on any atom is -0.393 e. The molecule has 1 saturated carbocycles. The Labute approximate surface area is 212 Å². The fourth-order valence-corrected chi connectivity index (χ4v) is 5.29. The lowest BCUT2D eigenvalue weighted by molar-refractivity contribution is 0.100. The average Bonchev–Trinajstić information content (AvgIpc) is 3.46. The van der Waals surface area contributed by atoms with Crippen molar-refractivity contribution in [2.24, 2.45) is 5.73 Å². The van der Waals surface area contributed by atoms with E-state index in [0.717, 1.165) is 53.5 Å². The van der Waals surface area contributed by atoms with E-state index >= 15 is 0 Å². The fourth-order valence-electron chi connectivity index (χ4n) is 5.29. The van der Waals surface area contributed by atoms with Crippen LogP contribution in [-0.4, -0.2) is 42.9 Å². The highest BCUT2D eigenvalue weighted by Gasteiger charge is 2.22. The number of aliphatic hydroxyl groups is 1. The third-order valence-corrected chi connectivity index (χ3v) is 7.15. The maximum absolute atomic E-state index is 13.7. The highest BCUT2D eigenvalue weighted by molar-refractivity contribution is 6.00. The van der Waals surface area contributed by atoms with Crippen molar-refractivity contribution in [1.82, 2.24) is 19.7 Å². The number of carbonyl (C=O) groups excluding carboxylic acids is 1. The van der Waals surface area contributed by atoms with Gasteiger partial charge in [0.1, 0.15) is 11.6 Å². The van der Waals surface area contributed by atoms with E-state index < -0.39 is 5.91 Å². The van der Waals surface area contributed by atoms with Crippen molar-refractivity contribution in [2.45, 2.75) is 44.8 Å². The summed E-state index contributed by atoms with van der Waals surface area (Å²) in [4.78, 5) is 20.1. The number of carbonyl (C=O) groups is 1. The second kappa shape index (κ2) is 9.01. The number of fused-ring (bicyclic) bond motifs is 2. The molecular formula is C28H27FN6O2. The van der Waals surface area contributed by atoms with E-state index in [-0.39, 0.29) is 18.0 Å². The third-order valence-electron chi connectivity index (χ3n) is 7.15. The Morgan fingerprint density at radius 3 is 2.73 bits per heavy atom. The van der Waals surface area contributed by atoms with Gasteiger partial charge in [0.2, 0.25) is 0 Å². The maximum Gasteiger partial charge on any atom is 0.250 e. The number of rotatable bonds is 5. The van der Waals surface area contributed by atoms with Crippen LogP contribution < -0.4 is 11.1 Å². The Kier molecular flexibility index (Phi) is 5.64. The second-order valence-corrected chi connectivity index (χ2v) is 9.69. The number of aliphatic hydroxyl groups excluding tert-OH is 1. The number of nitrogens with two attached hydrogens (primary N) is 1. The Morgan fingerprint density at radius 2 is 1.95 bits per heavy atom. The number of hydrogen-bond acceptors (Lipinski definition) is 5. The van der Waals surface area contributed by atoms with Gasteiger partial charge >= 0.3 is 0 Å². The molecule has 9 heteroatoms. The van der Waals surface area contributed by atoms with Gasteiger partial charge < -0.3 is 21.1 Å². The summed E-state index contributed by atoms with van der Waals surface area (Å²) < 4.78 is 15.6. The highest BCUT2D eigenvalue weighted by Crippen LogP contribution is 2.33. The van der Waals surface area contributed by atoms with Crippen LogP contribution in [0.2, 0.25) is 0 Å².